The first-order valence-electron chi connectivity index (χ1n) is 7.23. The van der Waals surface area contributed by atoms with Crippen molar-refractivity contribution in [3.05, 3.63) is 70.8 Å². The van der Waals surface area contributed by atoms with Crippen molar-refractivity contribution in [2.24, 2.45) is 0 Å². The van der Waals surface area contributed by atoms with Gasteiger partial charge in [-0.25, -0.2) is 4.79 Å². The molecule has 4 nitrogen and oxygen atoms in total. The Morgan fingerprint density at radius 3 is 2.17 bits per heavy atom. The third-order valence-corrected chi connectivity index (χ3v) is 3.25. The van der Waals surface area contributed by atoms with E-state index in [0.717, 1.165) is 22.4 Å². The number of esters is 1. The lowest BCUT2D eigenvalue weighted by atomic mass is 10.1. The standard InChI is InChI=1S/C19H19NO3/c1-13-10-14(2)12-17(11-13)20-18(21)9-6-15-4-7-16(8-5-15)19(22)23-3/h4-12H,1-3H3,(H,20,21). The zero-order valence-electron chi connectivity index (χ0n) is 13.4. The lowest BCUT2D eigenvalue weighted by Crippen LogP contribution is -2.08. The number of hydrogen-bond donors (Lipinski definition) is 1. The summed E-state index contributed by atoms with van der Waals surface area (Å²) in [5.74, 6) is -0.583. The lowest BCUT2D eigenvalue weighted by Gasteiger charge is -2.05. The number of ether oxygens (including phenoxy) is 1. The molecule has 0 radical (unpaired) electrons. The van der Waals surface area contributed by atoms with Crippen LogP contribution in [0.3, 0.4) is 0 Å². The fourth-order valence-corrected chi connectivity index (χ4v) is 2.25. The van der Waals surface area contributed by atoms with Gasteiger partial charge in [0.05, 0.1) is 12.7 Å². The Bertz CT molecular complexity index is 725. The Morgan fingerprint density at radius 2 is 1.61 bits per heavy atom. The van der Waals surface area contributed by atoms with E-state index in [9.17, 15) is 9.59 Å². The molecule has 2 aromatic carbocycles. The van der Waals surface area contributed by atoms with Crippen LogP contribution in [0.15, 0.2) is 48.5 Å². The highest BCUT2D eigenvalue weighted by Gasteiger charge is 2.04. The van der Waals surface area contributed by atoms with Crippen LogP contribution in [0, 0.1) is 13.8 Å². The number of anilines is 1. The topological polar surface area (TPSA) is 55.4 Å². The average Bonchev–Trinajstić information content (AvgIpc) is 2.51. The van der Waals surface area contributed by atoms with Gasteiger partial charge < -0.3 is 10.1 Å². The highest BCUT2D eigenvalue weighted by Crippen LogP contribution is 2.14. The number of amides is 1. The van der Waals surface area contributed by atoms with Gasteiger partial charge in [-0.15, -0.1) is 0 Å². The first kappa shape index (κ1) is 16.5. The first-order valence-corrected chi connectivity index (χ1v) is 7.23. The highest BCUT2D eigenvalue weighted by molar-refractivity contribution is 6.02. The summed E-state index contributed by atoms with van der Waals surface area (Å²) >= 11 is 0. The van der Waals surface area contributed by atoms with Gasteiger partial charge in [0.15, 0.2) is 0 Å². The van der Waals surface area contributed by atoms with Crippen molar-refractivity contribution in [1.82, 2.24) is 0 Å². The fraction of sp³-hybridized carbons (Fsp3) is 0.158. The molecule has 2 rings (SSSR count). The van der Waals surface area contributed by atoms with Crippen molar-refractivity contribution in [2.75, 3.05) is 12.4 Å². The molecule has 0 aliphatic heterocycles. The molecule has 0 saturated heterocycles. The summed E-state index contributed by atoms with van der Waals surface area (Å²) in [5, 5.41) is 2.83. The maximum absolute atomic E-state index is 12.0. The normalized spacial score (nSPS) is 10.6. The summed E-state index contributed by atoms with van der Waals surface area (Å²) in [7, 11) is 1.34. The molecule has 0 spiro atoms. The molecule has 0 aliphatic rings. The number of hydrogen-bond acceptors (Lipinski definition) is 3. The van der Waals surface area contributed by atoms with Gasteiger partial charge in [0, 0.05) is 11.8 Å². The van der Waals surface area contributed by atoms with Gasteiger partial charge in [-0.1, -0.05) is 18.2 Å². The Labute approximate surface area is 135 Å². The van der Waals surface area contributed by atoms with Crippen LogP contribution in [0.5, 0.6) is 0 Å². The molecule has 0 aromatic heterocycles. The Kier molecular flexibility index (Phi) is 5.31. The van der Waals surface area contributed by atoms with Crippen molar-refractivity contribution in [3.8, 4) is 0 Å². The summed E-state index contributed by atoms with van der Waals surface area (Å²) in [6.07, 6.45) is 3.16. The molecule has 1 N–H and O–H groups in total. The van der Waals surface area contributed by atoms with Crippen LogP contribution >= 0.6 is 0 Å². The highest BCUT2D eigenvalue weighted by atomic mass is 16.5. The maximum Gasteiger partial charge on any atom is 0.337 e. The van der Waals surface area contributed by atoms with E-state index in [1.165, 1.54) is 13.2 Å². The number of methoxy groups -OCH3 is 1. The zero-order chi connectivity index (χ0) is 16.8. The Balaban J connectivity index is 2.01. The Hall–Kier alpha value is -2.88. The third kappa shape index (κ3) is 4.81. The number of nitrogens with one attached hydrogen (secondary N) is 1. The molecule has 0 aliphatic carbocycles. The fourth-order valence-electron chi connectivity index (χ4n) is 2.25. The molecule has 0 saturated carbocycles. The molecule has 1 amide bonds. The van der Waals surface area contributed by atoms with Crippen LogP contribution in [0.2, 0.25) is 0 Å². The van der Waals surface area contributed by atoms with Gasteiger partial charge in [0.1, 0.15) is 0 Å². The van der Waals surface area contributed by atoms with E-state index in [2.05, 4.69) is 10.1 Å². The van der Waals surface area contributed by atoms with Gasteiger partial charge in [0.2, 0.25) is 5.91 Å². The van der Waals surface area contributed by atoms with Crippen LogP contribution in [-0.2, 0) is 9.53 Å². The van der Waals surface area contributed by atoms with Crippen molar-refractivity contribution >= 4 is 23.6 Å². The number of carbonyl (C=O) groups excluding carboxylic acids is 2. The molecular weight excluding hydrogens is 290 g/mol. The van der Waals surface area contributed by atoms with Crippen LogP contribution in [0.1, 0.15) is 27.0 Å². The van der Waals surface area contributed by atoms with E-state index in [1.807, 2.05) is 32.0 Å². The first-order chi connectivity index (χ1) is 11.0. The summed E-state index contributed by atoms with van der Waals surface area (Å²) in [4.78, 5) is 23.3. The number of rotatable bonds is 4. The molecular formula is C19H19NO3. The van der Waals surface area contributed by atoms with Crippen LogP contribution in [-0.4, -0.2) is 19.0 Å². The predicted molar refractivity (Wildman–Crippen MR) is 91.4 cm³/mol. The quantitative estimate of drug-likeness (QED) is 0.691. The van der Waals surface area contributed by atoms with Crippen molar-refractivity contribution in [3.63, 3.8) is 0 Å². The minimum Gasteiger partial charge on any atom is -0.465 e. The van der Waals surface area contributed by atoms with Gasteiger partial charge in [-0.05, 0) is 60.9 Å². The SMILES string of the molecule is COC(=O)c1ccc(C=CC(=O)Nc2cc(C)cc(C)c2)cc1. The van der Waals surface area contributed by atoms with E-state index < -0.39 is 0 Å². The van der Waals surface area contributed by atoms with Gasteiger partial charge in [-0.2, -0.15) is 0 Å². The summed E-state index contributed by atoms with van der Waals surface area (Å²) in [5.41, 5.74) is 4.28. The molecule has 0 bridgehead atoms. The number of carbonyl (C=O) groups is 2. The predicted octanol–water partition coefficient (Wildman–Crippen LogP) is 3.74. The monoisotopic (exact) mass is 309 g/mol. The number of aryl methyl sites for hydroxylation is 2. The molecule has 0 fully saturated rings. The van der Waals surface area contributed by atoms with Crippen molar-refractivity contribution in [1.29, 1.82) is 0 Å². The molecule has 2 aromatic rings. The molecule has 23 heavy (non-hydrogen) atoms. The average molecular weight is 309 g/mol. The summed E-state index contributed by atoms with van der Waals surface area (Å²) in [6.45, 7) is 3.97. The molecule has 0 atom stereocenters. The van der Waals surface area contributed by atoms with Crippen LogP contribution in [0.25, 0.3) is 6.08 Å². The van der Waals surface area contributed by atoms with Crippen LogP contribution in [0.4, 0.5) is 5.69 Å². The second kappa shape index (κ2) is 7.40. The lowest BCUT2D eigenvalue weighted by molar-refractivity contribution is -0.111. The minimum absolute atomic E-state index is 0.202. The zero-order valence-corrected chi connectivity index (χ0v) is 13.4. The smallest absolute Gasteiger partial charge is 0.337 e. The maximum atomic E-state index is 12.0. The molecule has 4 heteroatoms. The van der Waals surface area contributed by atoms with E-state index >= 15 is 0 Å². The molecule has 118 valence electrons. The molecule has 0 heterocycles. The molecule has 0 unspecified atom stereocenters. The minimum atomic E-state index is -0.381. The van der Waals surface area contributed by atoms with Crippen LogP contribution < -0.4 is 5.32 Å². The van der Waals surface area contributed by atoms with Crippen molar-refractivity contribution in [2.45, 2.75) is 13.8 Å². The van der Waals surface area contributed by atoms with E-state index in [-0.39, 0.29) is 11.9 Å². The van der Waals surface area contributed by atoms with E-state index in [0.29, 0.717) is 5.56 Å². The van der Waals surface area contributed by atoms with Gasteiger partial charge in [-0.3, -0.25) is 4.79 Å². The summed E-state index contributed by atoms with van der Waals surface area (Å²) in [6, 6.07) is 12.7. The van der Waals surface area contributed by atoms with Gasteiger partial charge >= 0.3 is 5.97 Å². The van der Waals surface area contributed by atoms with Crippen molar-refractivity contribution < 1.29 is 14.3 Å². The van der Waals surface area contributed by atoms with E-state index in [4.69, 9.17) is 0 Å². The second-order valence-corrected chi connectivity index (χ2v) is 5.31. The van der Waals surface area contributed by atoms with E-state index in [1.54, 1.807) is 30.3 Å². The third-order valence-electron chi connectivity index (χ3n) is 3.25. The summed E-state index contributed by atoms with van der Waals surface area (Å²) < 4.78 is 4.64. The number of benzene rings is 2. The van der Waals surface area contributed by atoms with Gasteiger partial charge in [0.25, 0.3) is 0 Å². The second-order valence-electron chi connectivity index (χ2n) is 5.31. The largest absolute Gasteiger partial charge is 0.465 e. The Morgan fingerprint density at radius 1 is 1.00 bits per heavy atom.